The first kappa shape index (κ1) is 11.4. The molecule has 0 amide bonds. The van der Waals surface area contributed by atoms with Crippen LogP contribution in [0.3, 0.4) is 0 Å². The predicted octanol–water partition coefficient (Wildman–Crippen LogP) is 3.88. The molecule has 1 rings (SSSR count). The third kappa shape index (κ3) is 3.58. The third-order valence-electron chi connectivity index (χ3n) is 1.87. The predicted molar refractivity (Wildman–Crippen MR) is 59.6 cm³/mol. The highest BCUT2D eigenvalue weighted by molar-refractivity contribution is 9.10. The van der Waals surface area contributed by atoms with Gasteiger partial charge < -0.3 is 0 Å². The lowest BCUT2D eigenvalue weighted by Gasteiger charge is -2.01. The van der Waals surface area contributed by atoms with Crippen molar-refractivity contribution < 1.29 is 4.39 Å². The van der Waals surface area contributed by atoms with Crippen molar-refractivity contribution in [3.8, 4) is 0 Å². The topological polar surface area (TPSA) is 12.9 Å². The summed E-state index contributed by atoms with van der Waals surface area (Å²) in [6.45, 7) is 4.08. The summed E-state index contributed by atoms with van der Waals surface area (Å²) in [7, 11) is 0. The van der Waals surface area contributed by atoms with Crippen molar-refractivity contribution in [2.24, 2.45) is 0 Å². The minimum atomic E-state index is -0.227. The Morgan fingerprint density at radius 2 is 2.29 bits per heavy atom. The highest BCUT2D eigenvalue weighted by Gasteiger charge is 2.02. The van der Waals surface area contributed by atoms with Crippen LogP contribution in [0.25, 0.3) is 0 Å². The molecule has 0 saturated carbocycles. The van der Waals surface area contributed by atoms with Gasteiger partial charge in [0.1, 0.15) is 10.4 Å². The molecule has 0 aromatic carbocycles. The first-order chi connectivity index (χ1) is 6.59. The molecule has 0 aliphatic carbocycles. The first-order valence-electron chi connectivity index (χ1n) is 4.53. The van der Waals surface area contributed by atoms with E-state index in [0.717, 1.165) is 12.8 Å². The molecule has 0 saturated heterocycles. The molecule has 0 bridgehead atoms. The Morgan fingerprint density at radius 3 is 2.93 bits per heavy atom. The Balaban J connectivity index is 2.67. The van der Waals surface area contributed by atoms with Gasteiger partial charge in [0.15, 0.2) is 0 Å². The van der Waals surface area contributed by atoms with E-state index in [2.05, 4.69) is 27.0 Å². The fourth-order valence-electron chi connectivity index (χ4n) is 1.16. The van der Waals surface area contributed by atoms with Crippen molar-refractivity contribution in [3.05, 3.63) is 39.9 Å². The molecule has 1 aromatic heterocycles. The van der Waals surface area contributed by atoms with Gasteiger partial charge in [-0.2, -0.15) is 0 Å². The SMILES string of the molecule is CC(C)=CCCc1cc(Br)ncc1F. The Morgan fingerprint density at radius 1 is 1.57 bits per heavy atom. The quantitative estimate of drug-likeness (QED) is 0.592. The van der Waals surface area contributed by atoms with Crippen LogP contribution in [0.4, 0.5) is 4.39 Å². The number of pyridine rings is 1. The highest BCUT2D eigenvalue weighted by Crippen LogP contribution is 2.14. The fraction of sp³-hybridized carbons (Fsp3) is 0.364. The fourth-order valence-corrected chi connectivity index (χ4v) is 1.54. The molecule has 0 atom stereocenters. The van der Waals surface area contributed by atoms with Gasteiger partial charge in [-0.1, -0.05) is 11.6 Å². The molecule has 14 heavy (non-hydrogen) atoms. The van der Waals surface area contributed by atoms with Crippen LogP contribution < -0.4 is 0 Å². The maximum Gasteiger partial charge on any atom is 0.144 e. The van der Waals surface area contributed by atoms with Crippen molar-refractivity contribution in [2.75, 3.05) is 0 Å². The first-order valence-corrected chi connectivity index (χ1v) is 5.32. The van der Waals surface area contributed by atoms with Gasteiger partial charge in [-0.25, -0.2) is 9.37 Å². The van der Waals surface area contributed by atoms with Crippen LogP contribution in [-0.2, 0) is 6.42 Å². The van der Waals surface area contributed by atoms with Crippen LogP contribution in [0.15, 0.2) is 28.5 Å². The number of rotatable bonds is 3. The number of halogens is 2. The highest BCUT2D eigenvalue weighted by atomic mass is 79.9. The van der Waals surface area contributed by atoms with E-state index in [1.54, 1.807) is 6.07 Å². The second-order valence-electron chi connectivity index (χ2n) is 3.42. The van der Waals surface area contributed by atoms with Gasteiger partial charge in [-0.15, -0.1) is 0 Å². The molecule has 0 fully saturated rings. The molecule has 0 aliphatic heterocycles. The van der Waals surface area contributed by atoms with Crippen molar-refractivity contribution in [1.29, 1.82) is 0 Å². The summed E-state index contributed by atoms with van der Waals surface area (Å²) in [5.41, 5.74) is 1.97. The van der Waals surface area contributed by atoms with Crippen molar-refractivity contribution >= 4 is 15.9 Å². The summed E-state index contributed by atoms with van der Waals surface area (Å²) in [5.74, 6) is -0.227. The minimum Gasteiger partial charge on any atom is -0.246 e. The maximum atomic E-state index is 13.2. The smallest absolute Gasteiger partial charge is 0.144 e. The second kappa shape index (κ2) is 5.25. The van der Waals surface area contributed by atoms with Gasteiger partial charge in [0, 0.05) is 0 Å². The number of aromatic nitrogens is 1. The van der Waals surface area contributed by atoms with E-state index in [1.807, 2.05) is 13.8 Å². The average Bonchev–Trinajstić information content (AvgIpc) is 2.10. The summed E-state index contributed by atoms with van der Waals surface area (Å²) < 4.78 is 13.9. The van der Waals surface area contributed by atoms with Gasteiger partial charge in [-0.05, 0) is 54.2 Å². The van der Waals surface area contributed by atoms with E-state index >= 15 is 0 Å². The summed E-state index contributed by atoms with van der Waals surface area (Å²) in [4.78, 5) is 3.81. The standard InChI is InChI=1S/C11H13BrFN/c1-8(2)4-3-5-9-6-11(12)14-7-10(9)13/h4,6-7H,3,5H2,1-2H3. The largest absolute Gasteiger partial charge is 0.246 e. The Bertz CT molecular complexity index is 343. The molecular weight excluding hydrogens is 245 g/mol. The minimum absolute atomic E-state index is 0.227. The molecule has 0 aliphatic rings. The second-order valence-corrected chi connectivity index (χ2v) is 4.23. The summed E-state index contributed by atoms with van der Waals surface area (Å²) >= 11 is 3.22. The Hall–Kier alpha value is -0.700. The molecule has 1 nitrogen and oxygen atoms in total. The summed E-state index contributed by atoms with van der Waals surface area (Å²) in [6.07, 6.45) is 4.95. The molecule has 76 valence electrons. The number of aryl methyl sites for hydroxylation is 1. The maximum absolute atomic E-state index is 13.2. The van der Waals surface area contributed by atoms with E-state index in [4.69, 9.17) is 0 Å². The molecule has 1 aromatic rings. The van der Waals surface area contributed by atoms with Crippen LogP contribution in [0, 0.1) is 5.82 Å². The molecule has 0 spiro atoms. The molecular formula is C11H13BrFN. The normalized spacial score (nSPS) is 10.0. The van der Waals surface area contributed by atoms with Gasteiger partial charge in [0.25, 0.3) is 0 Å². The zero-order valence-corrected chi connectivity index (χ0v) is 9.94. The van der Waals surface area contributed by atoms with Crippen LogP contribution in [0.2, 0.25) is 0 Å². The summed E-state index contributed by atoms with van der Waals surface area (Å²) in [5, 5.41) is 0. The van der Waals surface area contributed by atoms with Crippen LogP contribution in [0.5, 0.6) is 0 Å². The van der Waals surface area contributed by atoms with Crippen LogP contribution in [0.1, 0.15) is 25.8 Å². The Labute approximate surface area is 92.2 Å². The molecule has 0 N–H and O–H groups in total. The monoisotopic (exact) mass is 257 g/mol. The lowest BCUT2D eigenvalue weighted by atomic mass is 10.1. The number of allylic oxidation sites excluding steroid dienone is 2. The van der Waals surface area contributed by atoms with Gasteiger partial charge >= 0.3 is 0 Å². The number of nitrogens with zero attached hydrogens (tertiary/aromatic N) is 1. The van der Waals surface area contributed by atoms with Crippen molar-refractivity contribution in [3.63, 3.8) is 0 Å². The lowest BCUT2D eigenvalue weighted by Crippen LogP contribution is -1.91. The lowest BCUT2D eigenvalue weighted by molar-refractivity contribution is 0.602. The molecule has 0 unspecified atom stereocenters. The Kier molecular flexibility index (Phi) is 4.26. The van der Waals surface area contributed by atoms with Gasteiger partial charge in [0.05, 0.1) is 6.20 Å². The van der Waals surface area contributed by atoms with E-state index in [0.29, 0.717) is 10.2 Å². The molecule has 3 heteroatoms. The van der Waals surface area contributed by atoms with E-state index in [9.17, 15) is 4.39 Å². The van der Waals surface area contributed by atoms with Gasteiger partial charge in [0.2, 0.25) is 0 Å². The summed E-state index contributed by atoms with van der Waals surface area (Å²) in [6, 6.07) is 1.73. The number of hydrogen-bond donors (Lipinski definition) is 0. The van der Waals surface area contributed by atoms with Crippen molar-refractivity contribution in [2.45, 2.75) is 26.7 Å². The van der Waals surface area contributed by atoms with Crippen LogP contribution in [-0.4, -0.2) is 4.98 Å². The van der Waals surface area contributed by atoms with Crippen molar-refractivity contribution in [1.82, 2.24) is 4.98 Å². The number of hydrogen-bond acceptors (Lipinski definition) is 1. The van der Waals surface area contributed by atoms with Crippen LogP contribution >= 0.6 is 15.9 Å². The van der Waals surface area contributed by atoms with E-state index in [1.165, 1.54) is 11.8 Å². The average molecular weight is 258 g/mol. The zero-order valence-electron chi connectivity index (χ0n) is 8.35. The van der Waals surface area contributed by atoms with Gasteiger partial charge in [-0.3, -0.25) is 0 Å². The molecule has 1 heterocycles. The van der Waals surface area contributed by atoms with E-state index in [-0.39, 0.29) is 5.82 Å². The molecule has 0 radical (unpaired) electrons. The van der Waals surface area contributed by atoms with E-state index < -0.39 is 0 Å². The zero-order chi connectivity index (χ0) is 10.6. The third-order valence-corrected chi connectivity index (χ3v) is 2.30.